The zero-order valence-corrected chi connectivity index (χ0v) is 8.61. The zero-order valence-electron chi connectivity index (χ0n) is 8.61. The van der Waals surface area contributed by atoms with Crippen molar-refractivity contribution in [1.82, 2.24) is 4.98 Å². The molecule has 0 amide bonds. The third-order valence-corrected chi connectivity index (χ3v) is 2.10. The molecule has 5 heteroatoms. The second kappa shape index (κ2) is 4.58. The van der Waals surface area contributed by atoms with Crippen molar-refractivity contribution in [2.24, 2.45) is 0 Å². The molecule has 0 radical (unpaired) electrons. The molecular formula is C12H7F2N3. The SMILES string of the molecule is N#Cc1ccnc(Nc2cccc(F)c2F)c1. The van der Waals surface area contributed by atoms with Crippen molar-refractivity contribution >= 4 is 11.5 Å². The van der Waals surface area contributed by atoms with Gasteiger partial charge in [-0.3, -0.25) is 0 Å². The molecule has 0 aliphatic carbocycles. The van der Waals surface area contributed by atoms with E-state index in [0.717, 1.165) is 6.07 Å². The number of anilines is 2. The third-order valence-electron chi connectivity index (χ3n) is 2.10. The lowest BCUT2D eigenvalue weighted by Gasteiger charge is -2.06. The summed E-state index contributed by atoms with van der Waals surface area (Å²) in [5.41, 5.74) is 0.368. The standard InChI is InChI=1S/C12H7F2N3/c13-9-2-1-3-10(12(9)14)17-11-6-8(7-15)4-5-16-11/h1-6H,(H,16,17). The molecule has 0 aliphatic heterocycles. The monoisotopic (exact) mass is 231 g/mol. The lowest BCUT2D eigenvalue weighted by Crippen LogP contribution is -1.98. The molecule has 0 fully saturated rings. The summed E-state index contributed by atoms with van der Waals surface area (Å²) in [6, 6.07) is 8.70. The molecule has 1 aromatic heterocycles. The predicted molar refractivity (Wildman–Crippen MR) is 58.6 cm³/mol. The summed E-state index contributed by atoms with van der Waals surface area (Å²) >= 11 is 0. The van der Waals surface area contributed by atoms with Crippen molar-refractivity contribution in [1.29, 1.82) is 5.26 Å². The van der Waals surface area contributed by atoms with Gasteiger partial charge in [-0.2, -0.15) is 5.26 Å². The maximum atomic E-state index is 13.3. The Balaban J connectivity index is 2.32. The van der Waals surface area contributed by atoms with Crippen molar-refractivity contribution in [3.05, 3.63) is 53.7 Å². The van der Waals surface area contributed by atoms with Crippen LogP contribution in [-0.4, -0.2) is 4.98 Å². The first kappa shape index (κ1) is 11.0. The molecule has 3 nitrogen and oxygen atoms in total. The summed E-state index contributed by atoms with van der Waals surface area (Å²) in [5, 5.41) is 11.3. The summed E-state index contributed by atoms with van der Waals surface area (Å²) in [7, 11) is 0. The van der Waals surface area contributed by atoms with Gasteiger partial charge in [0.05, 0.1) is 17.3 Å². The van der Waals surface area contributed by atoms with Crippen LogP contribution in [0.1, 0.15) is 5.56 Å². The van der Waals surface area contributed by atoms with Gasteiger partial charge in [0.15, 0.2) is 11.6 Å². The van der Waals surface area contributed by atoms with Crippen LogP contribution < -0.4 is 5.32 Å². The molecule has 2 rings (SSSR count). The Morgan fingerprint density at radius 1 is 1.24 bits per heavy atom. The van der Waals surface area contributed by atoms with Gasteiger partial charge < -0.3 is 5.32 Å². The van der Waals surface area contributed by atoms with E-state index in [9.17, 15) is 8.78 Å². The Kier molecular flexibility index (Phi) is 2.97. The fraction of sp³-hybridized carbons (Fsp3) is 0. The fourth-order valence-corrected chi connectivity index (χ4v) is 1.31. The van der Waals surface area contributed by atoms with E-state index in [1.54, 1.807) is 0 Å². The normalized spacial score (nSPS) is 9.71. The number of hydrogen-bond acceptors (Lipinski definition) is 3. The Bertz CT molecular complexity index is 591. The molecule has 0 aliphatic rings. The number of aromatic nitrogens is 1. The van der Waals surface area contributed by atoms with Crippen molar-refractivity contribution in [2.45, 2.75) is 0 Å². The van der Waals surface area contributed by atoms with E-state index >= 15 is 0 Å². The van der Waals surface area contributed by atoms with Crippen LogP contribution in [0.5, 0.6) is 0 Å². The minimum Gasteiger partial charge on any atom is -0.338 e. The molecule has 0 saturated carbocycles. The van der Waals surface area contributed by atoms with E-state index < -0.39 is 11.6 Å². The highest BCUT2D eigenvalue weighted by Gasteiger charge is 2.08. The lowest BCUT2D eigenvalue weighted by molar-refractivity contribution is 0.511. The van der Waals surface area contributed by atoms with Gasteiger partial charge in [-0.25, -0.2) is 13.8 Å². The number of rotatable bonds is 2. The number of halogens is 2. The van der Waals surface area contributed by atoms with Gasteiger partial charge in [0, 0.05) is 6.20 Å². The first-order valence-electron chi connectivity index (χ1n) is 4.78. The van der Waals surface area contributed by atoms with Gasteiger partial charge in [0.25, 0.3) is 0 Å². The highest BCUT2D eigenvalue weighted by atomic mass is 19.2. The first-order chi connectivity index (χ1) is 8.20. The topological polar surface area (TPSA) is 48.7 Å². The first-order valence-corrected chi connectivity index (χ1v) is 4.78. The maximum absolute atomic E-state index is 13.3. The average molecular weight is 231 g/mol. The quantitative estimate of drug-likeness (QED) is 0.864. The number of pyridine rings is 1. The van der Waals surface area contributed by atoms with Gasteiger partial charge in [-0.05, 0) is 24.3 Å². The molecule has 1 N–H and O–H groups in total. The van der Waals surface area contributed by atoms with Crippen molar-refractivity contribution in [3.63, 3.8) is 0 Å². The molecule has 0 bridgehead atoms. The second-order valence-corrected chi connectivity index (χ2v) is 3.27. The van der Waals surface area contributed by atoms with Crippen LogP contribution in [0.2, 0.25) is 0 Å². The van der Waals surface area contributed by atoms with Gasteiger partial charge in [-0.1, -0.05) is 6.07 Å². The van der Waals surface area contributed by atoms with Crippen LogP contribution in [0.3, 0.4) is 0 Å². The number of nitrogens with one attached hydrogen (secondary N) is 1. The molecule has 0 saturated heterocycles. The van der Waals surface area contributed by atoms with E-state index in [1.165, 1.54) is 30.5 Å². The summed E-state index contributed by atoms with van der Waals surface area (Å²) in [6.45, 7) is 0. The van der Waals surface area contributed by atoms with Gasteiger partial charge in [0.2, 0.25) is 0 Å². The highest BCUT2D eigenvalue weighted by molar-refractivity contribution is 5.58. The lowest BCUT2D eigenvalue weighted by atomic mass is 10.2. The number of benzene rings is 1. The number of nitriles is 1. The summed E-state index contributed by atoms with van der Waals surface area (Å²) < 4.78 is 26.3. The third kappa shape index (κ3) is 2.37. The fourth-order valence-electron chi connectivity index (χ4n) is 1.31. The van der Waals surface area contributed by atoms with Crippen molar-refractivity contribution in [3.8, 4) is 6.07 Å². The summed E-state index contributed by atoms with van der Waals surface area (Å²) in [6.07, 6.45) is 1.41. The zero-order chi connectivity index (χ0) is 12.3. The van der Waals surface area contributed by atoms with Gasteiger partial charge >= 0.3 is 0 Å². The highest BCUT2D eigenvalue weighted by Crippen LogP contribution is 2.20. The van der Waals surface area contributed by atoms with Crippen molar-refractivity contribution < 1.29 is 8.78 Å². The van der Waals surface area contributed by atoms with Crippen molar-refractivity contribution in [2.75, 3.05) is 5.32 Å². The molecule has 1 heterocycles. The Labute approximate surface area is 96.3 Å². The summed E-state index contributed by atoms with van der Waals surface area (Å²) in [4.78, 5) is 3.90. The molecule has 84 valence electrons. The Hall–Kier alpha value is -2.48. The average Bonchev–Trinajstić information content (AvgIpc) is 2.35. The molecule has 1 aromatic carbocycles. The largest absolute Gasteiger partial charge is 0.338 e. The number of nitrogens with zero attached hydrogens (tertiary/aromatic N) is 2. The molecule has 17 heavy (non-hydrogen) atoms. The minimum absolute atomic E-state index is 0.0208. The predicted octanol–water partition coefficient (Wildman–Crippen LogP) is 2.98. The van der Waals surface area contributed by atoms with Crippen LogP contribution in [0, 0.1) is 23.0 Å². The van der Waals surface area contributed by atoms with Gasteiger partial charge in [-0.15, -0.1) is 0 Å². The van der Waals surface area contributed by atoms with E-state index in [1.807, 2.05) is 6.07 Å². The molecule has 0 spiro atoms. The van der Waals surface area contributed by atoms with Crippen LogP contribution in [0.15, 0.2) is 36.5 Å². The Morgan fingerprint density at radius 2 is 2.06 bits per heavy atom. The van der Waals surface area contributed by atoms with Crippen LogP contribution >= 0.6 is 0 Å². The van der Waals surface area contributed by atoms with Crippen LogP contribution in [-0.2, 0) is 0 Å². The second-order valence-electron chi connectivity index (χ2n) is 3.27. The smallest absolute Gasteiger partial charge is 0.182 e. The minimum atomic E-state index is -0.975. The molecule has 0 unspecified atom stereocenters. The number of hydrogen-bond donors (Lipinski definition) is 1. The molecule has 2 aromatic rings. The molecular weight excluding hydrogens is 224 g/mol. The van der Waals surface area contributed by atoms with E-state index in [2.05, 4.69) is 10.3 Å². The van der Waals surface area contributed by atoms with Crippen LogP contribution in [0.4, 0.5) is 20.3 Å². The van der Waals surface area contributed by atoms with E-state index in [0.29, 0.717) is 5.56 Å². The van der Waals surface area contributed by atoms with E-state index in [4.69, 9.17) is 5.26 Å². The van der Waals surface area contributed by atoms with Gasteiger partial charge in [0.1, 0.15) is 5.82 Å². The summed E-state index contributed by atoms with van der Waals surface area (Å²) in [5.74, 6) is -1.63. The molecule has 0 atom stereocenters. The maximum Gasteiger partial charge on any atom is 0.182 e. The Morgan fingerprint density at radius 3 is 2.82 bits per heavy atom. The van der Waals surface area contributed by atoms with E-state index in [-0.39, 0.29) is 11.5 Å². The van der Waals surface area contributed by atoms with Crippen LogP contribution in [0.25, 0.3) is 0 Å².